The summed E-state index contributed by atoms with van der Waals surface area (Å²) in [5.74, 6) is 0.620. The van der Waals surface area contributed by atoms with Crippen molar-refractivity contribution in [2.24, 2.45) is 5.92 Å². The first-order valence-electron chi connectivity index (χ1n) is 5.50. The maximum Gasteiger partial charge on any atom is 0.174 e. The van der Waals surface area contributed by atoms with E-state index in [0.29, 0.717) is 5.92 Å². The van der Waals surface area contributed by atoms with Crippen LogP contribution in [0.1, 0.15) is 37.1 Å². The molecular weight excluding hydrogens is 192 g/mol. The molecular formula is C12H18OS. The van der Waals surface area contributed by atoms with Gasteiger partial charge in [0.05, 0.1) is 6.61 Å². The molecule has 0 fully saturated rings. The topological polar surface area (TPSA) is 9.23 Å². The van der Waals surface area contributed by atoms with Crippen LogP contribution in [0.3, 0.4) is 0 Å². The third-order valence-electron chi connectivity index (χ3n) is 2.53. The van der Waals surface area contributed by atoms with E-state index in [-0.39, 0.29) is 0 Å². The van der Waals surface area contributed by atoms with Crippen LogP contribution in [0.15, 0.2) is 6.07 Å². The van der Waals surface area contributed by atoms with Crippen LogP contribution in [-0.2, 0) is 12.8 Å². The molecule has 1 aromatic heterocycles. The second-order valence-corrected chi connectivity index (χ2v) is 5.53. The zero-order chi connectivity index (χ0) is 9.97. The molecule has 14 heavy (non-hydrogen) atoms. The molecule has 0 bridgehead atoms. The van der Waals surface area contributed by atoms with Crippen LogP contribution >= 0.6 is 11.3 Å². The van der Waals surface area contributed by atoms with Crippen LogP contribution in [0.2, 0.25) is 0 Å². The Hall–Kier alpha value is -0.500. The minimum absolute atomic E-state index is 0.620. The fourth-order valence-corrected chi connectivity index (χ4v) is 2.89. The van der Waals surface area contributed by atoms with Gasteiger partial charge in [0.25, 0.3) is 0 Å². The SMILES string of the molecule is CC(C)COc1cc2c(s1)CCCC2. The third kappa shape index (κ3) is 2.30. The minimum atomic E-state index is 0.620. The molecule has 2 rings (SSSR count). The highest BCUT2D eigenvalue weighted by Gasteiger charge is 2.13. The van der Waals surface area contributed by atoms with E-state index in [1.807, 2.05) is 11.3 Å². The van der Waals surface area contributed by atoms with Crippen molar-refractivity contribution in [3.63, 3.8) is 0 Å². The van der Waals surface area contributed by atoms with Crippen molar-refractivity contribution in [2.75, 3.05) is 6.61 Å². The van der Waals surface area contributed by atoms with Crippen LogP contribution in [-0.4, -0.2) is 6.61 Å². The Kier molecular flexibility index (Phi) is 3.12. The zero-order valence-electron chi connectivity index (χ0n) is 9.01. The van der Waals surface area contributed by atoms with Gasteiger partial charge in [-0.15, -0.1) is 11.3 Å². The molecule has 0 spiro atoms. The first-order chi connectivity index (χ1) is 6.75. The number of thiophene rings is 1. The average Bonchev–Trinajstić information content (AvgIpc) is 2.57. The fraction of sp³-hybridized carbons (Fsp3) is 0.667. The van der Waals surface area contributed by atoms with Gasteiger partial charge in [-0.25, -0.2) is 0 Å². The van der Waals surface area contributed by atoms with E-state index in [1.54, 1.807) is 10.4 Å². The van der Waals surface area contributed by atoms with E-state index in [2.05, 4.69) is 19.9 Å². The third-order valence-corrected chi connectivity index (χ3v) is 3.68. The highest BCUT2D eigenvalue weighted by atomic mass is 32.1. The summed E-state index contributed by atoms with van der Waals surface area (Å²) in [4.78, 5) is 1.56. The lowest BCUT2D eigenvalue weighted by Gasteiger charge is -2.08. The van der Waals surface area contributed by atoms with E-state index in [1.165, 1.54) is 25.7 Å². The Morgan fingerprint density at radius 3 is 2.86 bits per heavy atom. The molecule has 0 atom stereocenters. The molecule has 0 unspecified atom stereocenters. The van der Waals surface area contributed by atoms with Gasteiger partial charge in [-0.2, -0.15) is 0 Å². The van der Waals surface area contributed by atoms with Gasteiger partial charge in [0, 0.05) is 4.88 Å². The smallest absolute Gasteiger partial charge is 0.174 e. The van der Waals surface area contributed by atoms with Crippen LogP contribution in [0.4, 0.5) is 0 Å². The van der Waals surface area contributed by atoms with E-state index in [9.17, 15) is 0 Å². The van der Waals surface area contributed by atoms with Crippen molar-refractivity contribution in [3.8, 4) is 5.06 Å². The van der Waals surface area contributed by atoms with E-state index >= 15 is 0 Å². The molecule has 0 amide bonds. The molecule has 0 N–H and O–H groups in total. The largest absolute Gasteiger partial charge is 0.484 e. The minimum Gasteiger partial charge on any atom is -0.484 e. The van der Waals surface area contributed by atoms with Gasteiger partial charge in [-0.1, -0.05) is 13.8 Å². The Morgan fingerprint density at radius 2 is 2.14 bits per heavy atom. The van der Waals surface area contributed by atoms with Crippen molar-refractivity contribution >= 4 is 11.3 Å². The van der Waals surface area contributed by atoms with Gasteiger partial charge >= 0.3 is 0 Å². The molecule has 0 saturated heterocycles. The lowest BCUT2D eigenvalue weighted by Crippen LogP contribution is -2.03. The van der Waals surface area contributed by atoms with E-state index in [0.717, 1.165) is 11.7 Å². The summed E-state index contributed by atoms with van der Waals surface area (Å²) < 4.78 is 5.74. The summed E-state index contributed by atoms with van der Waals surface area (Å²) in [6.45, 7) is 5.22. The maximum absolute atomic E-state index is 5.74. The zero-order valence-corrected chi connectivity index (χ0v) is 9.82. The van der Waals surface area contributed by atoms with Gasteiger partial charge in [0.15, 0.2) is 5.06 Å². The van der Waals surface area contributed by atoms with E-state index in [4.69, 9.17) is 4.74 Å². The maximum atomic E-state index is 5.74. The first kappa shape index (κ1) is 10.0. The Morgan fingerprint density at radius 1 is 1.36 bits per heavy atom. The summed E-state index contributed by atoms with van der Waals surface area (Å²) in [7, 11) is 0. The van der Waals surface area contributed by atoms with Crippen LogP contribution in [0.5, 0.6) is 5.06 Å². The number of rotatable bonds is 3. The normalized spacial score (nSPS) is 15.6. The molecule has 0 aliphatic heterocycles. The van der Waals surface area contributed by atoms with Crippen molar-refractivity contribution in [2.45, 2.75) is 39.5 Å². The van der Waals surface area contributed by atoms with Gasteiger partial charge < -0.3 is 4.74 Å². The standard InChI is InChI=1S/C12H18OS/c1-9(2)8-13-12-7-10-5-3-4-6-11(10)14-12/h7,9H,3-6,8H2,1-2H3. The van der Waals surface area contributed by atoms with E-state index < -0.39 is 0 Å². The van der Waals surface area contributed by atoms with Gasteiger partial charge in [0.1, 0.15) is 0 Å². The molecule has 78 valence electrons. The predicted molar refractivity (Wildman–Crippen MR) is 61.3 cm³/mol. The van der Waals surface area contributed by atoms with Gasteiger partial charge in [-0.05, 0) is 43.2 Å². The lowest BCUT2D eigenvalue weighted by atomic mass is 10.00. The van der Waals surface area contributed by atoms with Crippen molar-refractivity contribution in [3.05, 3.63) is 16.5 Å². The number of aryl methyl sites for hydroxylation is 2. The average molecular weight is 210 g/mol. The van der Waals surface area contributed by atoms with Gasteiger partial charge in [0.2, 0.25) is 0 Å². The molecule has 1 aliphatic rings. The highest BCUT2D eigenvalue weighted by molar-refractivity contribution is 7.14. The summed E-state index contributed by atoms with van der Waals surface area (Å²) >= 11 is 1.86. The molecule has 1 aliphatic carbocycles. The second kappa shape index (κ2) is 4.35. The molecule has 0 aromatic carbocycles. The highest BCUT2D eigenvalue weighted by Crippen LogP contribution is 2.34. The number of hydrogen-bond acceptors (Lipinski definition) is 2. The monoisotopic (exact) mass is 210 g/mol. The van der Waals surface area contributed by atoms with Crippen molar-refractivity contribution < 1.29 is 4.74 Å². The van der Waals surface area contributed by atoms with Crippen molar-refractivity contribution in [1.82, 2.24) is 0 Å². The van der Waals surface area contributed by atoms with Crippen LogP contribution in [0.25, 0.3) is 0 Å². The quantitative estimate of drug-likeness (QED) is 0.739. The van der Waals surface area contributed by atoms with Crippen LogP contribution in [0, 0.1) is 5.92 Å². The molecule has 0 radical (unpaired) electrons. The fourth-order valence-electron chi connectivity index (χ4n) is 1.78. The van der Waals surface area contributed by atoms with Crippen LogP contribution < -0.4 is 4.74 Å². The molecule has 0 saturated carbocycles. The number of fused-ring (bicyclic) bond motifs is 1. The summed E-state index contributed by atoms with van der Waals surface area (Å²) in [6.07, 6.45) is 5.24. The second-order valence-electron chi connectivity index (χ2n) is 4.43. The summed E-state index contributed by atoms with van der Waals surface area (Å²) in [5.41, 5.74) is 1.54. The number of ether oxygens (including phenoxy) is 1. The predicted octanol–water partition coefficient (Wildman–Crippen LogP) is 3.66. The first-order valence-corrected chi connectivity index (χ1v) is 6.31. The molecule has 1 aromatic rings. The van der Waals surface area contributed by atoms with Crippen molar-refractivity contribution in [1.29, 1.82) is 0 Å². The Bertz CT molecular complexity index is 278. The Balaban J connectivity index is 2.01. The molecule has 1 nitrogen and oxygen atoms in total. The number of hydrogen-bond donors (Lipinski definition) is 0. The summed E-state index contributed by atoms with van der Waals surface area (Å²) in [5, 5.41) is 1.13. The Labute approximate surface area is 90.1 Å². The lowest BCUT2D eigenvalue weighted by molar-refractivity contribution is 0.278. The molecule has 2 heteroatoms. The van der Waals surface area contributed by atoms with Gasteiger partial charge in [-0.3, -0.25) is 0 Å². The molecule has 1 heterocycles. The summed E-state index contributed by atoms with van der Waals surface area (Å²) in [6, 6.07) is 2.25.